The molecule has 1 aliphatic heterocycles. The molecule has 0 N–H and O–H groups in total. The predicted octanol–water partition coefficient (Wildman–Crippen LogP) is 3.38. The first-order chi connectivity index (χ1) is 15.3. The van der Waals surface area contributed by atoms with Crippen molar-refractivity contribution >= 4 is 29.0 Å². The fourth-order valence-corrected chi connectivity index (χ4v) is 4.17. The predicted molar refractivity (Wildman–Crippen MR) is 101 cm³/mol. The van der Waals surface area contributed by atoms with E-state index in [0.29, 0.717) is 16.9 Å². The van der Waals surface area contributed by atoms with E-state index in [1.807, 2.05) is 0 Å². The van der Waals surface area contributed by atoms with Crippen LogP contribution >= 0.6 is 11.3 Å². The van der Waals surface area contributed by atoms with Crippen LogP contribution in [0.4, 0.5) is 26.3 Å². The van der Waals surface area contributed by atoms with Crippen LogP contribution in [0.2, 0.25) is 0 Å². The zero-order valence-corrected chi connectivity index (χ0v) is 17.5. The van der Waals surface area contributed by atoms with Gasteiger partial charge in [-0.05, 0) is 18.2 Å². The molecule has 178 valence electrons. The Balaban J connectivity index is 1.74. The summed E-state index contributed by atoms with van der Waals surface area (Å²) in [4.78, 5) is 44.7. The molecule has 2 aromatic rings. The number of thiophene rings is 1. The van der Waals surface area contributed by atoms with E-state index in [4.69, 9.17) is 4.84 Å². The smallest absolute Gasteiger partial charge is 0.326 e. The molecule has 3 heterocycles. The molecule has 0 saturated carbocycles. The summed E-state index contributed by atoms with van der Waals surface area (Å²) in [6.45, 7) is -0.777. The summed E-state index contributed by atoms with van der Waals surface area (Å²) in [6, 6.07) is 5.14. The zero-order chi connectivity index (χ0) is 24.4. The molecular weight excluding hydrogens is 480 g/mol. The number of amides is 1. The monoisotopic (exact) mass is 496 g/mol. The number of carbonyl (C=O) groups is 3. The van der Waals surface area contributed by atoms with Crippen LogP contribution in [0.25, 0.3) is 0 Å². The van der Waals surface area contributed by atoms with Crippen LogP contribution in [0, 0.1) is 0 Å². The Bertz CT molecular complexity index is 1030. The van der Waals surface area contributed by atoms with Gasteiger partial charge in [-0.3, -0.25) is 19.4 Å². The van der Waals surface area contributed by atoms with Gasteiger partial charge < -0.3 is 4.90 Å². The number of halogens is 6. The highest BCUT2D eigenvalue weighted by atomic mass is 32.1. The second kappa shape index (κ2) is 9.09. The summed E-state index contributed by atoms with van der Waals surface area (Å²) >= 11 is 0.378. The molecule has 1 saturated heterocycles. The largest absolute Gasteiger partial charge is 0.497 e. The quantitative estimate of drug-likeness (QED) is 0.361. The number of quaternary nitrogens is 1. The third-order valence-electron chi connectivity index (χ3n) is 4.84. The Morgan fingerprint density at radius 2 is 1.64 bits per heavy atom. The molecule has 0 atom stereocenters. The van der Waals surface area contributed by atoms with Crippen molar-refractivity contribution in [2.24, 2.45) is 0 Å². The highest BCUT2D eigenvalue weighted by molar-refractivity contribution is 7.16. The van der Waals surface area contributed by atoms with Crippen molar-refractivity contribution < 1.29 is 50.2 Å². The number of hydroxylamine groups is 3. The lowest BCUT2D eigenvalue weighted by atomic mass is 10.2. The number of pyridine rings is 1. The number of alkyl halides is 6. The minimum Gasteiger partial charge on any atom is -0.326 e. The van der Waals surface area contributed by atoms with Gasteiger partial charge in [0, 0.05) is 18.0 Å². The van der Waals surface area contributed by atoms with E-state index in [9.17, 15) is 40.7 Å². The number of ketones is 1. The molecule has 14 heteroatoms. The van der Waals surface area contributed by atoms with Crippen molar-refractivity contribution in [2.75, 3.05) is 26.2 Å². The summed E-state index contributed by atoms with van der Waals surface area (Å²) < 4.78 is 75.5. The molecule has 33 heavy (non-hydrogen) atoms. The number of Topliss-reactive ketones (excluding diaryl/α,β-unsaturated/α-hetero) is 1. The molecule has 0 spiro atoms. The van der Waals surface area contributed by atoms with Crippen molar-refractivity contribution in [3.8, 4) is 0 Å². The number of nitrogens with zero attached hydrogens (tertiary/aromatic N) is 3. The average molecular weight is 496 g/mol. The number of aromatic nitrogens is 1. The fourth-order valence-electron chi connectivity index (χ4n) is 3.24. The lowest BCUT2D eigenvalue weighted by Crippen LogP contribution is -2.61. The van der Waals surface area contributed by atoms with Gasteiger partial charge in [-0.2, -0.15) is 26.3 Å². The Morgan fingerprint density at radius 3 is 2.18 bits per heavy atom. The first-order valence-corrected chi connectivity index (χ1v) is 10.2. The van der Waals surface area contributed by atoms with E-state index >= 15 is 0 Å². The molecule has 1 aliphatic rings. The Kier molecular flexibility index (Phi) is 6.79. The minimum absolute atomic E-state index is 0.123. The van der Waals surface area contributed by atoms with E-state index in [1.54, 1.807) is 12.1 Å². The van der Waals surface area contributed by atoms with Crippen LogP contribution in [0.5, 0.6) is 0 Å². The van der Waals surface area contributed by atoms with Gasteiger partial charge in [0.05, 0.1) is 22.8 Å². The molecule has 0 radical (unpaired) electrons. The van der Waals surface area contributed by atoms with Gasteiger partial charge in [0.1, 0.15) is 19.6 Å². The van der Waals surface area contributed by atoms with Gasteiger partial charge in [-0.1, -0.05) is 6.07 Å². The Labute approximate surface area is 186 Å². The lowest BCUT2D eigenvalue weighted by molar-refractivity contribution is -1.10. The molecular formula is C19H16F6N3O4S+. The SMILES string of the molecule is O=C(c1ccc(C(=O)C(F)(F)F)s1)N1CC[N+](Cc2cccnc2)(OC(=O)C(F)(F)F)CC1. The molecule has 3 rings (SSSR count). The van der Waals surface area contributed by atoms with Crippen molar-refractivity contribution in [3.05, 3.63) is 52.0 Å². The third kappa shape index (κ3) is 5.87. The normalized spacial score (nSPS) is 16.4. The number of piperazine rings is 1. The van der Waals surface area contributed by atoms with Crippen molar-refractivity contribution in [1.82, 2.24) is 9.88 Å². The second-order valence-electron chi connectivity index (χ2n) is 7.18. The number of carbonyl (C=O) groups excluding carboxylic acids is 3. The molecule has 0 aliphatic carbocycles. The lowest BCUT2D eigenvalue weighted by Gasteiger charge is -2.41. The highest BCUT2D eigenvalue weighted by Gasteiger charge is 2.49. The number of hydrogen-bond acceptors (Lipinski definition) is 6. The van der Waals surface area contributed by atoms with Crippen molar-refractivity contribution in [2.45, 2.75) is 18.9 Å². The van der Waals surface area contributed by atoms with Gasteiger partial charge in [0.15, 0.2) is 0 Å². The average Bonchev–Trinajstić information content (AvgIpc) is 3.22. The maximum atomic E-state index is 12.8. The van der Waals surface area contributed by atoms with Gasteiger partial charge in [-0.25, -0.2) is 4.79 Å². The van der Waals surface area contributed by atoms with Crippen LogP contribution < -0.4 is 0 Å². The van der Waals surface area contributed by atoms with E-state index in [-0.39, 0.29) is 37.6 Å². The van der Waals surface area contributed by atoms with Crippen LogP contribution in [-0.2, 0) is 16.2 Å². The minimum atomic E-state index is -5.22. The summed E-state index contributed by atoms with van der Waals surface area (Å²) in [5.41, 5.74) is 0.501. The Morgan fingerprint density at radius 1 is 1.00 bits per heavy atom. The first-order valence-electron chi connectivity index (χ1n) is 9.37. The summed E-state index contributed by atoms with van der Waals surface area (Å²) in [5.74, 6) is -5.13. The summed E-state index contributed by atoms with van der Waals surface area (Å²) in [6.07, 6.45) is -7.43. The number of hydrogen-bond donors (Lipinski definition) is 0. The van der Waals surface area contributed by atoms with E-state index < -0.39 is 39.5 Å². The molecule has 0 aromatic carbocycles. The first kappa shape index (κ1) is 24.6. The summed E-state index contributed by atoms with van der Waals surface area (Å²) in [5, 5.41) is 0. The molecule has 1 fully saturated rings. The molecule has 0 unspecified atom stereocenters. The summed E-state index contributed by atoms with van der Waals surface area (Å²) in [7, 11) is 0. The van der Waals surface area contributed by atoms with Gasteiger partial charge in [0.25, 0.3) is 11.7 Å². The maximum absolute atomic E-state index is 12.8. The molecule has 1 amide bonds. The van der Waals surface area contributed by atoms with Crippen molar-refractivity contribution in [3.63, 3.8) is 0 Å². The van der Waals surface area contributed by atoms with E-state index in [0.717, 1.165) is 12.1 Å². The van der Waals surface area contributed by atoms with Crippen LogP contribution in [0.3, 0.4) is 0 Å². The van der Waals surface area contributed by atoms with Gasteiger partial charge in [0.2, 0.25) is 0 Å². The molecule has 7 nitrogen and oxygen atoms in total. The van der Waals surface area contributed by atoms with Gasteiger partial charge in [-0.15, -0.1) is 16.0 Å². The molecule has 0 bridgehead atoms. The highest BCUT2D eigenvalue weighted by Crippen LogP contribution is 2.29. The fraction of sp³-hybridized carbons (Fsp3) is 0.368. The zero-order valence-electron chi connectivity index (χ0n) is 16.7. The standard InChI is InChI=1S/C19H16F6N3O4S/c20-18(21,22)15(29)13-3-4-14(33-13)16(30)27-6-8-28(9-7-27,32-17(31)19(23,24)25)11-12-2-1-5-26-10-12/h1-5,10H,6-9,11H2/q+1. The van der Waals surface area contributed by atoms with E-state index in [2.05, 4.69) is 4.98 Å². The Hall–Kier alpha value is -3.00. The van der Waals surface area contributed by atoms with E-state index in [1.165, 1.54) is 17.3 Å². The van der Waals surface area contributed by atoms with Gasteiger partial charge >= 0.3 is 18.3 Å². The van der Waals surface area contributed by atoms with Crippen LogP contribution in [-0.4, -0.2) is 70.7 Å². The third-order valence-corrected chi connectivity index (χ3v) is 5.91. The number of rotatable bonds is 5. The van der Waals surface area contributed by atoms with Crippen LogP contribution in [0.15, 0.2) is 36.7 Å². The second-order valence-corrected chi connectivity index (χ2v) is 8.27. The maximum Gasteiger partial charge on any atom is 0.497 e. The molecule has 2 aromatic heterocycles. The van der Waals surface area contributed by atoms with Crippen LogP contribution in [0.1, 0.15) is 24.9 Å². The van der Waals surface area contributed by atoms with Crippen molar-refractivity contribution in [1.29, 1.82) is 0 Å². The topological polar surface area (TPSA) is 76.6 Å².